The van der Waals surface area contributed by atoms with E-state index in [9.17, 15) is 4.79 Å². The average Bonchev–Trinajstić information content (AvgIpc) is 2.08. The van der Waals surface area contributed by atoms with Gasteiger partial charge in [0.2, 0.25) is 5.91 Å². The van der Waals surface area contributed by atoms with E-state index in [2.05, 4.69) is 10.2 Å². The summed E-state index contributed by atoms with van der Waals surface area (Å²) in [6, 6.07) is 0.268. The number of rotatable bonds is 1. The van der Waals surface area contributed by atoms with Gasteiger partial charge in [0.15, 0.2) is 0 Å². The number of carbonyl (C=O) groups is 1. The van der Waals surface area contributed by atoms with Crippen LogP contribution in [0.15, 0.2) is 10.2 Å². The molecule has 0 N–H and O–H groups in total. The van der Waals surface area contributed by atoms with Gasteiger partial charge < -0.3 is 4.74 Å². The summed E-state index contributed by atoms with van der Waals surface area (Å²) in [6.45, 7) is 2.13. The molecule has 0 radical (unpaired) electrons. The van der Waals surface area contributed by atoms with Gasteiger partial charge in [-0.25, -0.2) is 0 Å². The number of nitrogens with zero attached hydrogens (tertiary/aromatic N) is 3. The molecular weight excluding hydrogens is 158 g/mol. The van der Waals surface area contributed by atoms with Crippen LogP contribution in [0.2, 0.25) is 0 Å². The van der Waals surface area contributed by atoms with Gasteiger partial charge in [-0.05, 0) is 6.92 Å². The van der Waals surface area contributed by atoms with E-state index in [1.165, 1.54) is 11.1 Å². The molecule has 0 aromatic heterocycles. The van der Waals surface area contributed by atoms with Crippen LogP contribution in [0.5, 0.6) is 0 Å². The van der Waals surface area contributed by atoms with Gasteiger partial charge in [0.05, 0.1) is 6.42 Å². The van der Waals surface area contributed by atoms with Crippen LogP contribution in [-0.4, -0.2) is 36.7 Å². The van der Waals surface area contributed by atoms with Gasteiger partial charge in [-0.3, -0.25) is 9.69 Å². The van der Waals surface area contributed by atoms with E-state index in [1.54, 1.807) is 14.0 Å². The first kappa shape index (κ1) is 8.70. The van der Waals surface area contributed by atoms with Crippen LogP contribution in [0, 0.1) is 0 Å². The van der Waals surface area contributed by atoms with Gasteiger partial charge >= 0.3 is 6.02 Å². The van der Waals surface area contributed by atoms with Crippen molar-refractivity contribution in [3.63, 3.8) is 0 Å². The molecule has 66 valence electrons. The molecule has 5 heteroatoms. The van der Waals surface area contributed by atoms with Gasteiger partial charge in [-0.1, -0.05) is 5.10 Å². The van der Waals surface area contributed by atoms with Crippen molar-refractivity contribution in [2.75, 3.05) is 13.7 Å². The molecule has 0 atom stereocenters. The summed E-state index contributed by atoms with van der Waals surface area (Å²) in [5.41, 5.74) is 0. The fourth-order valence-electron chi connectivity index (χ4n) is 0.804. The molecule has 0 bridgehead atoms. The van der Waals surface area contributed by atoms with Crippen LogP contribution < -0.4 is 0 Å². The second-order valence-corrected chi connectivity index (χ2v) is 2.31. The Morgan fingerprint density at radius 2 is 2.42 bits per heavy atom. The third-order valence-corrected chi connectivity index (χ3v) is 1.47. The molecule has 0 spiro atoms. The number of hydrogen-bond donors (Lipinski definition) is 0. The summed E-state index contributed by atoms with van der Waals surface area (Å²) in [7, 11) is 1.62. The first-order chi connectivity index (χ1) is 5.75. The highest BCUT2D eigenvalue weighted by Gasteiger charge is 2.21. The van der Waals surface area contributed by atoms with Gasteiger partial charge in [-0.15, -0.1) is 0 Å². The fraction of sp³-hybridized carbons (Fsp3) is 0.571. The summed E-state index contributed by atoms with van der Waals surface area (Å²) < 4.78 is 5.10. The molecule has 0 saturated carbocycles. The van der Waals surface area contributed by atoms with Crippen LogP contribution in [0.4, 0.5) is 0 Å². The Balaban J connectivity index is 2.69. The molecule has 1 amide bonds. The largest absolute Gasteiger partial charge is 0.463 e. The summed E-state index contributed by atoms with van der Waals surface area (Å²) in [5, 5.41) is 7.33. The van der Waals surface area contributed by atoms with Gasteiger partial charge in [0.1, 0.15) is 6.61 Å². The number of amidine groups is 1. The van der Waals surface area contributed by atoms with Crippen molar-refractivity contribution in [2.24, 2.45) is 10.2 Å². The van der Waals surface area contributed by atoms with Crippen molar-refractivity contribution >= 4 is 18.1 Å². The molecule has 1 heterocycles. The van der Waals surface area contributed by atoms with E-state index in [0.29, 0.717) is 13.0 Å². The lowest BCUT2D eigenvalue weighted by molar-refractivity contribution is -0.130. The molecule has 1 fully saturated rings. The molecule has 1 aliphatic heterocycles. The Kier molecular flexibility index (Phi) is 2.79. The van der Waals surface area contributed by atoms with E-state index < -0.39 is 0 Å². The highest BCUT2D eigenvalue weighted by Crippen LogP contribution is 2.03. The molecule has 0 aromatic carbocycles. The molecule has 0 unspecified atom stereocenters. The normalized spacial score (nSPS) is 22.0. The Morgan fingerprint density at radius 1 is 1.67 bits per heavy atom. The van der Waals surface area contributed by atoms with Crippen molar-refractivity contribution in [1.29, 1.82) is 0 Å². The summed E-state index contributed by atoms with van der Waals surface area (Å²) in [6.07, 6.45) is 1.94. The highest BCUT2D eigenvalue weighted by atomic mass is 16.5. The maximum atomic E-state index is 11.1. The van der Waals surface area contributed by atoms with E-state index >= 15 is 0 Å². The van der Waals surface area contributed by atoms with Crippen molar-refractivity contribution in [1.82, 2.24) is 4.90 Å². The standard InChI is InChI=1S/C7H11N3O2/c1-3-8-9-7-10(2)6(11)4-5-12-7/h3H,4-5H2,1-2H3/b8-3+,9-7-. The zero-order chi connectivity index (χ0) is 8.97. The van der Waals surface area contributed by atoms with Crippen LogP contribution in [0.25, 0.3) is 0 Å². The molecule has 0 aliphatic carbocycles. The van der Waals surface area contributed by atoms with E-state index in [-0.39, 0.29) is 11.9 Å². The van der Waals surface area contributed by atoms with Crippen molar-refractivity contribution < 1.29 is 9.53 Å². The Labute approximate surface area is 70.7 Å². The first-order valence-corrected chi connectivity index (χ1v) is 3.70. The van der Waals surface area contributed by atoms with Gasteiger partial charge in [0, 0.05) is 13.3 Å². The minimum absolute atomic E-state index is 0.00584. The van der Waals surface area contributed by atoms with Gasteiger partial charge in [0.25, 0.3) is 0 Å². The second kappa shape index (κ2) is 3.85. The predicted octanol–water partition coefficient (Wildman–Crippen LogP) is 0.227. The van der Waals surface area contributed by atoms with E-state index in [1.807, 2.05) is 0 Å². The third kappa shape index (κ3) is 1.81. The molecule has 1 saturated heterocycles. The van der Waals surface area contributed by atoms with Crippen molar-refractivity contribution in [2.45, 2.75) is 13.3 Å². The van der Waals surface area contributed by atoms with Crippen molar-refractivity contribution in [3.05, 3.63) is 0 Å². The number of ether oxygens (including phenoxy) is 1. The molecule has 1 aliphatic rings. The first-order valence-electron chi connectivity index (χ1n) is 3.70. The van der Waals surface area contributed by atoms with E-state index in [0.717, 1.165) is 0 Å². The number of hydrogen-bond acceptors (Lipinski definition) is 4. The monoisotopic (exact) mass is 169 g/mol. The smallest absolute Gasteiger partial charge is 0.317 e. The number of carbonyl (C=O) groups excluding carboxylic acids is 1. The lowest BCUT2D eigenvalue weighted by atomic mass is 10.4. The third-order valence-electron chi connectivity index (χ3n) is 1.47. The molecule has 12 heavy (non-hydrogen) atoms. The quantitative estimate of drug-likeness (QED) is 0.416. The minimum Gasteiger partial charge on any atom is -0.463 e. The lowest BCUT2D eigenvalue weighted by Crippen LogP contribution is -2.40. The average molecular weight is 169 g/mol. The SMILES string of the molecule is C/C=N/N=C1\OCCC(=O)N1C. The molecular formula is C7H11N3O2. The number of amides is 1. The molecule has 0 aromatic rings. The van der Waals surface area contributed by atoms with Crippen LogP contribution in [0.3, 0.4) is 0 Å². The van der Waals surface area contributed by atoms with Crippen LogP contribution >= 0.6 is 0 Å². The summed E-state index contributed by atoms with van der Waals surface area (Å²) in [4.78, 5) is 12.4. The van der Waals surface area contributed by atoms with Crippen LogP contribution in [-0.2, 0) is 9.53 Å². The second-order valence-electron chi connectivity index (χ2n) is 2.31. The zero-order valence-corrected chi connectivity index (χ0v) is 7.15. The zero-order valence-electron chi connectivity index (χ0n) is 7.15. The van der Waals surface area contributed by atoms with Crippen LogP contribution in [0.1, 0.15) is 13.3 Å². The van der Waals surface area contributed by atoms with Crippen molar-refractivity contribution in [3.8, 4) is 0 Å². The maximum absolute atomic E-state index is 11.1. The van der Waals surface area contributed by atoms with E-state index in [4.69, 9.17) is 4.74 Å². The lowest BCUT2D eigenvalue weighted by Gasteiger charge is -2.22. The summed E-state index contributed by atoms with van der Waals surface area (Å²) in [5.74, 6) is 0.00584. The fourth-order valence-corrected chi connectivity index (χ4v) is 0.804. The Bertz CT molecular complexity index is 235. The minimum atomic E-state index is 0.00584. The maximum Gasteiger partial charge on any atom is 0.317 e. The molecule has 5 nitrogen and oxygen atoms in total. The highest BCUT2D eigenvalue weighted by molar-refractivity contribution is 5.95. The Hall–Kier alpha value is -1.39. The van der Waals surface area contributed by atoms with Gasteiger partial charge in [-0.2, -0.15) is 5.10 Å². The molecule has 1 rings (SSSR count). The predicted molar refractivity (Wildman–Crippen MR) is 44.9 cm³/mol. The summed E-state index contributed by atoms with van der Waals surface area (Å²) >= 11 is 0. The topological polar surface area (TPSA) is 54.3 Å². The Morgan fingerprint density at radius 3 is 3.08 bits per heavy atom.